The summed E-state index contributed by atoms with van der Waals surface area (Å²) >= 11 is 11.8. The summed E-state index contributed by atoms with van der Waals surface area (Å²) in [5.74, 6) is 0.334. The lowest BCUT2D eigenvalue weighted by Gasteiger charge is -2.09. The molecule has 20 heavy (non-hydrogen) atoms. The molecule has 3 rings (SSSR count). The zero-order valence-corrected chi connectivity index (χ0v) is 12.1. The zero-order valence-electron chi connectivity index (χ0n) is 10.6. The molecule has 0 N–H and O–H groups in total. The molecule has 0 saturated heterocycles. The van der Waals surface area contributed by atoms with Crippen LogP contribution < -0.4 is 0 Å². The molecular formula is C14H10Cl2FN3. The van der Waals surface area contributed by atoms with E-state index in [2.05, 4.69) is 9.97 Å². The Bertz CT molecular complexity index is 798. The molecule has 0 aliphatic carbocycles. The third-order valence-electron chi connectivity index (χ3n) is 3.00. The first-order chi connectivity index (χ1) is 9.60. The van der Waals surface area contributed by atoms with E-state index in [0.29, 0.717) is 27.7 Å². The first-order valence-electron chi connectivity index (χ1n) is 5.95. The van der Waals surface area contributed by atoms with Gasteiger partial charge >= 0.3 is 0 Å². The van der Waals surface area contributed by atoms with Crippen LogP contribution in [0.1, 0.15) is 11.4 Å². The van der Waals surface area contributed by atoms with E-state index >= 15 is 0 Å². The van der Waals surface area contributed by atoms with Gasteiger partial charge in [-0.3, -0.25) is 4.57 Å². The van der Waals surface area contributed by atoms with E-state index in [1.807, 2.05) is 6.92 Å². The average Bonchev–Trinajstić information content (AvgIpc) is 2.78. The van der Waals surface area contributed by atoms with Crippen LogP contribution in [0.25, 0.3) is 16.9 Å². The second-order valence-electron chi connectivity index (χ2n) is 4.45. The van der Waals surface area contributed by atoms with Crippen LogP contribution in [0, 0.1) is 12.7 Å². The molecule has 0 fully saturated rings. The van der Waals surface area contributed by atoms with E-state index in [9.17, 15) is 4.39 Å². The van der Waals surface area contributed by atoms with Gasteiger partial charge in [-0.15, -0.1) is 11.6 Å². The summed E-state index contributed by atoms with van der Waals surface area (Å²) in [6.45, 7) is 1.90. The van der Waals surface area contributed by atoms with Gasteiger partial charge in [-0.1, -0.05) is 17.7 Å². The number of aryl methyl sites for hydroxylation is 1. The van der Waals surface area contributed by atoms with Gasteiger partial charge in [-0.05, 0) is 30.7 Å². The van der Waals surface area contributed by atoms with Gasteiger partial charge in [0.2, 0.25) is 0 Å². The Hall–Kier alpha value is -1.65. The van der Waals surface area contributed by atoms with Crippen molar-refractivity contribution in [2.24, 2.45) is 0 Å². The van der Waals surface area contributed by atoms with Crippen molar-refractivity contribution in [2.75, 3.05) is 0 Å². The first kappa shape index (κ1) is 13.3. The van der Waals surface area contributed by atoms with Crippen molar-refractivity contribution in [3.05, 3.63) is 52.7 Å². The minimum Gasteiger partial charge on any atom is -0.277 e. The summed E-state index contributed by atoms with van der Waals surface area (Å²) in [6.07, 6.45) is 1.51. The van der Waals surface area contributed by atoms with Crippen molar-refractivity contribution in [1.29, 1.82) is 0 Å². The largest absolute Gasteiger partial charge is 0.277 e. The van der Waals surface area contributed by atoms with Crippen molar-refractivity contribution in [3.8, 4) is 5.69 Å². The maximum absolute atomic E-state index is 14.1. The highest BCUT2D eigenvalue weighted by Crippen LogP contribution is 2.25. The van der Waals surface area contributed by atoms with E-state index in [1.54, 1.807) is 22.8 Å². The summed E-state index contributed by atoms with van der Waals surface area (Å²) in [5, 5.41) is 0.480. The molecule has 102 valence electrons. The Labute approximate surface area is 125 Å². The molecule has 2 heterocycles. The molecule has 6 heteroatoms. The minimum absolute atomic E-state index is 0.154. The number of alkyl halides is 1. The molecule has 0 radical (unpaired) electrons. The maximum atomic E-state index is 14.1. The highest BCUT2D eigenvalue weighted by atomic mass is 35.5. The second-order valence-corrected chi connectivity index (χ2v) is 5.15. The molecule has 2 aromatic heterocycles. The fourth-order valence-electron chi connectivity index (χ4n) is 2.12. The molecule has 3 aromatic rings. The van der Waals surface area contributed by atoms with E-state index in [-0.39, 0.29) is 11.7 Å². The fourth-order valence-corrected chi connectivity index (χ4v) is 2.46. The lowest BCUT2D eigenvalue weighted by molar-refractivity contribution is 0.617. The SMILES string of the molecule is Cc1ccc(F)c(-n2c(CCl)nc3cc(Cl)cnc32)c1. The van der Waals surface area contributed by atoms with Crippen LogP contribution in [0.2, 0.25) is 5.02 Å². The van der Waals surface area contributed by atoms with Crippen molar-refractivity contribution >= 4 is 34.4 Å². The molecule has 0 amide bonds. The van der Waals surface area contributed by atoms with Gasteiger partial charge in [0.25, 0.3) is 0 Å². The Morgan fingerprint density at radius 2 is 2.10 bits per heavy atom. The smallest absolute Gasteiger partial charge is 0.164 e. The Kier molecular flexibility index (Phi) is 3.36. The molecule has 0 unspecified atom stereocenters. The summed E-state index contributed by atoms with van der Waals surface area (Å²) < 4.78 is 15.7. The summed E-state index contributed by atoms with van der Waals surface area (Å²) in [5.41, 5.74) is 2.46. The van der Waals surface area contributed by atoms with E-state index in [1.165, 1.54) is 12.3 Å². The lowest BCUT2D eigenvalue weighted by Crippen LogP contribution is -2.03. The number of hydrogen-bond acceptors (Lipinski definition) is 2. The van der Waals surface area contributed by atoms with Crippen molar-refractivity contribution in [3.63, 3.8) is 0 Å². The number of hydrogen-bond donors (Lipinski definition) is 0. The fraction of sp³-hybridized carbons (Fsp3) is 0.143. The minimum atomic E-state index is -0.349. The Balaban J connectivity index is 2.37. The van der Waals surface area contributed by atoms with Crippen LogP contribution >= 0.6 is 23.2 Å². The number of nitrogens with zero attached hydrogens (tertiary/aromatic N) is 3. The van der Waals surface area contributed by atoms with E-state index < -0.39 is 0 Å². The predicted molar refractivity (Wildman–Crippen MR) is 78.1 cm³/mol. The topological polar surface area (TPSA) is 30.7 Å². The third kappa shape index (κ3) is 2.15. The number of halogens is 3. The molecule has 0 aliphatic heterocycles. The van der Waals surface area contributed by atoms with Crippen LogP contribution in [0.3, 0.4) is 0 Å². The molecule has 1 aromatic carbocycles. The average molecular weight is 310 g/mol. The van der Waals surface area contributed by atoms with Gasteiger partial charge < -0.3 is 0 Å². The van der Waals surface area contributed by atoms with Crippen LogP contribution in [0.15, 0.2) is 30.5 Å². The lowest BCUT2D eigenvalue weighted by atomic mass is 10.2. The zero-order chi connectivity index (χ0) is 14.3. The normalized spacial score (nSPS) is 11.2. The van der Waals surface area contributed by atoms with Gasteiger partial charge in [0.15, 0.2) is 5.65 Å². The highest BCUT2D eigenvalue weighted by Gasteiger charge is 2.16. The van der Waals surface area contributed by atoms with Crippen LogP contribution in [0.5, 0.6) is 0 Å². The maximum Gasteiger partial charge on any atom is 0.164 e. The predicted octanol–water partition coefficient (Wildman–Crippen LogP) is 4.26. The number of benzene rings is 1. The van der Waals surface area contributed by atoms with Gasteiger partial charge in [-0.25, -0.2) is 14.4 Å². The number of fused-ring (bicyclic) bond motifs is 1. The van der Waals surface area contributed by atoms with Crippen molar-refractivity contribution < 1.29 is 4.39 Å². The first-order valence-corrected chi connectivity index (χ1v) is 6.87. The monoisotopic (exact) mass is 309 g/mol. The quantitative estimate of drug-likeness (QED) is 0.662. The molecule has 0 atom stereocenters. The number of aromatic nitrogens is 3. The molecule has 0 aliphatic rings. The van der Waals surface area contributed by atoms with Gasteiger partial charge in [0, 0.05) is 6.20 Å². The van der Waals surface area contributed by atoms with Gasteiger partial charge in [-0.2, -0.15) is 0 Å². The molecule has 0 saturated carbocycles. The number of pyridine rings is 1. The Morgan fingerprint density at radius 3 is 2.85 bits per heavy atom. The Morgan fingerprint density at radius 1 is 1.30 bits per heavy atom. The van der Waals surface area contributed by atoms with E-state index in [4.69, 9.17) is 23.2 Å². The molecule has 3 nitrogen and oxygen atoms in total. The number of imidazole rings is 1. The van der Waals surface area contributed by atoms with Crippen LogP contribution in [-0.2, 0) is 5.88 Å². The summed E-state index contributed by atoms with van der Waals surface area (Å²) in [7, 11) is 0. The van der Waals surface area contributed by atoms with Gasteiger partial charge in [0.1, 0.15) is 17.2 Å². The van der Waals surface area contributed by atoms with Gasteiger partial charge in [0.05, 0.1) is 16.6 Å². The third-order valence-corrected chi connectivity index (χ3v) is 3.44. The number of rotatable bonds is 2. The summed E-state index contributed by atoms with van der Waals surface area (Å²) in [4.78, 5) is 8.60. The van der Waals surface area contributed by atoms with E-state index in [0.717, 1.165) is 5.56 Å². The van der Waals surface area contributed by atoms with Crippen molar-refractivity contribution in [2.45, 2.75) is 12.8 Å². The van der Waals surface area contributed by atoms with Crippen molar-refractivity contribution in [1.82, 2.24) is 14.5 Å². The molecule has 0 bridgehead atoms. The summed E-state index contributed by atoms with van der Waals surface area (Å²) in [6, 6.07) is 6.56. The second kappa shape index (κ2) is 5.04. The highest BCUT2D eigenvalue weighted by molar-refractivity contribution is 6.31. The molecule has 0 spiro atoms. The standard InChI is InChI=1S/C14H10Cl2FN3/c1-8-2-3-10(17)12(4-8)20-13(6-15)19-11-5-9(16)7-18-14(11)20/h2-5,7H,6H2,1H3. The molecular weight excluding hydrogens is 300 g/mol. The van der Waals surface area contributed by atoms with Crippen LogP contribution in [0.4, 0.5) is 4.39 Å². The van der Waals surface area contributed by atoms with Crippen LogP contribution in [-0.4, -0.2) is 14.5 Å².